The highest BCUT2D eigenvalue weighted by Gasteiger charge is 2.57. The molecule has 33 heavy (non-hydrogen) atoms. The Labute approximate surface area is 188 Å². The van der Waals surface area contributed by atoms with E-state index in [1.54, 1.807) is 34.1 Å². The Morgan fingerprint density at radius 1 is 1.21 bits per heavy atom. The number of nitrogens with zero attached hydrogens (tertiary/aromatic N) is 6. The summed E-state index contributed by atoms with van der Waals surface area (Å²) in [5.41, 5.74) is 2.11. The number of anilines is 1. The first-order valence-electron chi connectivity index (χ1n) is 11.1. The molecule has 2 saturated heterocycles. The van der Waals surface area contributed by atoms with Crippen LogP contribution in [0.1, 0.15) is 31.7 Å². The Bertz CT molecular complexity index is 1290. The van der Waals surface area contributed by atoms with Gasteiger partial charge in [-0.2, -0.15) is 15.5 Å². The minimum atomic E-state index is -2.86. The zero-order valence-electron chi connectivity index (χ0n) is 17.8. The fourth-order valence-corrected chi connectivity index (χ4v) is 5.17. The number of carbonyl (C=O) groups is 1. The smallest absolute Gasteiger partial charge is 0.273 e. The highest BCUT2D eigenvalue weighted by molar-refractivity contribution is 6.05. The SMILES string of the molecule is N#C[C@@]1(C2CC2)CCN(c2ccnn3cc(-c4cnn([C@@H]5COCC(F)(F)C5)c4)cc23)C1=O. The predicted octanol–water partition coefficient (Wildman–Crippen LogP) is 3.45. The van der Waals surface area contributed by atoms with Crippen molar-refractivity contribution >= 4 is 17.1 Å². The Kier molecular flexibility index (Phi) is 4.36. The van der Waals surface area contributed by atoms with Crippen LogP contribution in [0.4, 0.5) is 14.5 Å². The lowest BCUT2D eigenvalue weighted by Gasteiger charge is -2.29. The van der Waals surface area contributed by atoms with Crippen molar-refractivity contribution in [3.63, 3.8) is 0 Å². The fourth-order valence-electron chi connectivity index (χ4n) is 5.17. The van der Waals surface area contributed by atoms with Crippen LogP contribution in [0.5, 0.6) is 0 Å². The van der Waals surface area contributed by atoms with Gasteiger partial charge in [0, 0.05) is 42.7 Å². The first-order chi connectivity index (χ1) is 15.9. The largest absolute Gasteiger partial charge is 0.373 e. The summed E-state index contributed by atoms with van der Waals surface area (Å²) >= 11 is 0. The van der Waals surface area contributed by atoms with Crippen LogP contribution >= 0.6 is 0 Å². The molecule has 3 aromatic heterocycles. The monoisotopic (exact) mass is 452 g/mol. The van der Waals surface area contributed by atoms with Crippen molar-refractivity contribution in [2.45, 2.75) is 37.6 Å². The second-order valence-electron chi connectivity index (χ2n) is 9.28. The van der Waals surface area contributed by atoms with Gasteiger partial charge in [0.2, 0.25) is 5.91 Å². The van der Waals surface area contributed by atoms with Gasteiger partial charge in [-0.3, -0.25) is 9.48 Å². The van der Waals surface area contributed by atoms with Crippen LogP contribution in [-0.4, -0.2) is 51.0 Å². The van der Waals surface area contributed by atoms with Crippen molar-refractivity contribution in [1.82, 2.24) is 19.4 Å². The van der Waals surface area contributed by atoms with E-state index in [-0.39, 0.29) is 24.9 Å². The highest BCUT2D eigenvalue weighted by Crippen LogP contribution is 2.52. The van der Waals surface area contributed by atoms with Crippen LogP contribution in [0.25, 0.3) is 16.6 Å². The first-order valence-corrected chi connectivity index (χ1v) is 11.1. The predicted molar refractivity (Wildman–Crippen MR) is 114 cm³/mol. The van der Waals surface area contributed by atoms with Crippen LogP contribution in [0.2, 0.25) is 0 Å². The maximum Gasteiger partial charge on any atom is 0.273 e. The van der Waals surface area contributed by atoms with Crippen LogP contribution in [0.3, 0.4) is 0 Å². The van der Waals surface area contributed by atoms with Gasteiger partial charge in [-0.1, -0.05) is 0 Å². The molecule has 0 spiro atoms. The molecule has 3 aromatic rings. The van der Waals surface area contributed by atoms with E-state index in [1.807, 2.05) is 12.3 Å². The number of halogens is 2. The van der Waals surface area contributed by atoms with Crippen molar-refractivity contribution in [1.29, 1.82) is 5.26 Å². The second kappa shape index (κ2) is 7.09. The summed E-state index contributed by atoms with van der Waals surface area (Å²) < 4.78 is 35.8. The Morgan fingerprint density at radius 3 is 2.82 bits per heavy atom. The van der Waals surface area contributed by atoms with Gasteiger partial charge in [0.25, 0.3) is 5.92 Å². The van der Waals surface area contributed by atoms with Gasteiger partial charge in [-0.15, -0.1) is 0 Å². The third kappa shape index (κ3) is 3.22. The van der Waals surface area contributed by atoms with Gasteiger partial charge in [0.1, 0.15) is 12.0 Å². The molecule has 0 unspecified atom stereocenters. The molecule has 8 nitrogen and oxygen atoms in total. The second-order valence-corrected chi connectivity index (χ2v) is 9.28. The van der Waals surface area contributed by atoms with Gasteiger partial charge in [-0.25, -0.2) is 13.3 Å². The number of nitriles is 1. The molecule has 0 bridgehead atoms. The third-order valence-corrected chi connectivity index (χ3v) is 7.07. The summed E-state index contributed by atoms with van der Waals surface area (Å²) in [7, 11) is 0. The zero-order valence-corrected chi connectivity index (χ0v) is 17.8. The molecule has 0 radical (unpaired) electrons. The highest BCUT2D eigenvalue weighted by atomic mass is 19.3. The van der Waals surface area contributed by atoms with Gasteiger partial charge in [0.05, 0.1) is 36.1 Å². The first kappa shape index (κ1) is 20.3. The molecule has 0 aromatic carbocycles. The molecule has 6 rings (SSSR count). The number of hydrogen-bond acceptors (Lipinski definition) is 5. The number of alkyl halides is 2. The van der Waals surface area contributed by atoms with Gasteiger partial charge in [-0.05, 0) is 37.3 Å². The summed E-state index contributed by atoms with van der Waals surface area (Å²) in [6.07, 6.45) is 8.91. The van der Waals surface area contributed by atoms with E-state index in [9.17, 15) is 18.8 Å². The lowest BCUT2D eigenvalue weighted by Crippen LogP contribution is -2.36. The Hall–Kier alpha value is -3.32. The molecule has 170 valence electrons. The summed E-state index contributed by atoms with van der Waals surface area (Å²) in [5.74, 6) is -2.84. The van der Waals surface area contributed by atoms with Crippen molar-refractivity contribution in [3.8, 4) is 17.2 Å². The number of amides is 1. The topological polar surface area (TPSA) is 88.4 Å². The van der Waals surface area contributed by atoms with E-state index < -0.39 is 24.0 Å². The third-order valence-electron chi connectivity index (χ3n) is 7.07. The number of rotatable bonds is 4. The van der Waals surface area contributed by atoms with E-state index in [4.69, 9.17) is 4.74 Å². The number of aromatic nitrogens is 4. The quantitative estimate of drug-likeness (QED) is 0.605. The molecule has 1 amide bonds. The normalized spacial score (nSPS) is 27.2. The molecule has 2 atom stereocenters. The van der Waals surface area contributed by atoms with Crippen molar-refractivity contribution in [2.24, 2.45) is 11.3 Å². The Balaban J connectivity index is 1.32. The molecule has 2 aliphatic heterocycles. The summed E-state index contributed by atoms with van der Waals surface area (Å²) in [4.78, 5) is 15.0. The van der Waals surface area contributed by atoms with Crippen LogP contribution in [0.15, 0.2) is 36.9 Å². The number of fused-ring (bicyclic) bond motifs is 1. The summed E-state index contributed by atoms with van der Waals surface area (Å²) in [6, 6.07) is 5.49. The van der Waals surface area contributed by atoms with E-state index in [0.29, 0.717) is 18.7 Å². The van der Waals surface area contributed by atoms with Crippen LogP contribution < -0.4 is 4.90 Å². The standard InChI is InChI=1S/C23H22F2N6O2/c24-23(25)8-18(12-33-14-23)30-11-16(9-28-30)15-7-20-19(3-5-27-31(20)10-15)29-6-4-22(13-26,21(29)32)17-1-2-17/h3,5,7,9-11,17-18H,1-2,4,6,8,12,14H2/t18-,22+/m0/s1. The average Bonchev–Trinajstić information content (AvgIpc) is 3.23. The minimum Gasteiger partial charge on any atom is -0.373 e. The minimum absolute atomic E-state index is 0.130. The van der Waals surface area contributed by atoms with Crippen LogP contribution in [0, 0.1) is 22.7 Å². The van der Waals surface area contributed by atoms with Crippen molar-refractivity contribution in [3.05, 3.63) is 36.9 Å². The van der Waals surface area contributed by atoms with Crippen molar-refractivity contribution in [2.75, 3.05) is 24.7 Å². The molecule has 0 N–H and O–H groups in total. The molecular formula is C23H22F2N6O2. The number of hydrogen-bond donors (Lipinski definition) is 0. The molecule has 1 aliphatic carbocycles. The van der Waals surface area contributed by atoms with Gasteiger partial charge in [0.15, 0.2) is 0 Å². The lowest BCUT2D eigenvalue weighted by molar-refractivity contribution is -0.133. The van der Waals surface area contributed by atoms with E-state index >= 15 is 0 Å². The molecule has 3 aliphatic rings. The lowest BCUT2D eigenvalue weighted by atomic mass is 9.83. The molecule has 3 fully saturated rings. The molecule has 5 heterocycles. The van der Waals surface area contributed by atoms with Gasteiger partial charge >= 0.3 is 0 Å². The molecule has 1 saturated carbocycles. The number of ether oxygens (including phenoxy) is 1. The maximum atomic E-state index is 13.7. The van der Waals surface area contributed by atoms with Crippen LogP contribution in [-0.2, 0) is 9.53 Å². The molecule has 10 heteroatoms. The summed E-state index contributed by atoms with van der Waals surface area (Å²) in [5, 5.41) is 18.5. The molecular weight excluding hydrogens is 430 g/mol. The van der Waals surface area contributed by atoms with Crippen molar-refractivity contribution < 1.29 is 18.3 Å². The summed E-state index contributed by atoms with van der Waals surface area (Å²) in [6.45, 7) is 0.135. The fraction of sp³-hybridized carbons (Fsp3) is 0.478. The van der Waals surface area contributed by atoms with E-state index in [0.717, 1.165) is 29.5 Å². The average molecular weight is 452 g/mol. The Morgan fingerprint density at radius 2 is 2.06 bits per heavy atom. The van der Waals surface area contributed by atoms with E-state index in [1.165, 1.54) is 4.68 Å². The number of carbonyl (C=O) groups excluding carboxylic acids is 1. The maximum absolute atomic E-state index is 13.7. The zero-order chi connectivity index (χ0) is 22.8. The van der Waals surface area contributed by atoms with E-state index in [2.05, 4.69) is 16.3 Å². The van der Waals surface area contributed by atoms with Gasteiger partial charge < -0.3 is 9.64 Å².